The highest BCUT2D eigenvalue weighted by Gasteiger charge is 2.32. The minimum atomic E-state index is -0.747. The van der Waals surface area contributed by atoms with Crippen molar-refractivity contribution in [3.8, 4) is 0 Å². The highest BCUT2D eigenvalue weighted by Crippen LogP contribution is 2.08. The second-order valence-electron chi connectivity index (χ2n) is 8.90. The molecular weight excluding hydrogens is 632 g/mol. The molecule has 20 nitrogen and oxygen atoms in total. The van der Waals surface area contributed by atoms with Gasteiger partial charge in [0.2, 0.25) is 11.8 Å². The molecule has 274 valence electrons. The largest absolute Gasteiger partial charge is 0.448 e. The van der Waals surface area contributed by atoms with Crippen LogP contribution >= 0.6 is 0 Å². The van der Waals surface area contributed by atoms with Crippen molar-refractivity contribution in [2.45, 2.75) is 39.4 Å². The molecule has 2 atom stereocenters. The lowest BCUT2D eigenvalue weighted by atomic mass is 10.3. The highest BCUT2D eigenvalue weighted by atomic mass is 16.7. The number of carbonyl (C=O) groups excluding carboxylic acids is 7. The van der Waals surface area contributed by atoms with Gasteiger partial charge in [-0.25, -0.2) is 19.2 Å². The number of hydroxylamine groups is 1. The van der Waals surface area contributed by atoms with Gasteiger partial charge in [-0.05, 0) is 20.9 Å². The first kappa shape index (κ1) is 47.5. The van der Waals surface area contributed by atoms with E-state index >= 15 is 0 Å². The summed E-state index contributed by atoms with van der Waals surface area (Å²) >= 11 is 0. The molecule has 20 heteroatoms. The molecule has 3 amide bonds. The van der Waals surface area contributed by atoms with Crippen LogP contribution in [-0.2, 0) is 62.0 Å². The second kappa shape index (κ2) is 32.0. The third kappa shape index (κ3) is 30.5. The van der Waals surface area contributed by atoms with Crippen molar-refractivity contribution in [3.63, 3.8) is 0 Å². The zero-order valence-electron chi connectivity index (χ0n) is 28.5. The highest BCUT2D eigenvalue weighted by molar-refractivity contribution is 5.92. The third-order valence-corrected chi connectivity index (χ3v) is 4.75. The number of methoxy groups -OCH3 is 3. The number of amides is 3. The molecule has 2 heterocycles. The minimum absolute atomic E-state index is 0.000417. The van der Waals surface area contributed by atoms with Crippen LogP contribution in [0.2, 0.25) is 0 Å². The van der Waals surface area contributed by atoms with Crippen LogP contribution in [0, 0.1) is 0 Å². The SMILES string of the molecule is CC1OC(=O)C(C)OC1=O.CCC(=O)ONCC(=O)NCCOC.CN1CC(=O)OC1=O.CNCC(=O)NCCOC.COCCN. The number of nitrogens with one attached hydrogen (secondary N) is 4. The summed E-state index contributed by atoms with van der Waals surface area (Å²) in [5.74, 6) is -2.07. The van der Waals surface area contributed by atoms with Gasteiger partial charge in [0.1, 0.15) is 13.1 Å². The van der Waals surface area contributed by atoms with Gasteiger partial charge in [-0.2, -0.15) is 0 Å². The van der Waals surface area contributed by atoms with E-state index in [2.05, 4.69) is 45.2 Å². The summed E-state index contributed by atoms with van der Waals surface area (Å²) < 4.78 is 27.3. The lowest BCUT2D eigenvalue weighted by Crippen LogP contribution is -2.40. The van der Waals surface area contributed by atoms with Crippen LogP contribution in [-0.4, -0.2) is 153 Å². The van der Waals surface area contributed by atoms with Gasteiger partial charge in [-0.15, -0.1) is 5.48 Å². The number of hydrogen-bond acceptors (Lipinski definition) is 17. The zero-order chi connectivity index (χ0) is 36.6. The van der Waals surface area contributed by atoms with Gasteiger partial charge in [-0.1, -0.05) is 6.92 Å². The monoisotopic (exact) mass is 684 g/mol. The van der Waals surface area contributed by atoms with Crippen LogP contribution in [0.15, 0.2) is 0 Å². The van der Waals surface area contributed by atoms with Crippen LogP contribution in [0.25, 0.3) is 0 Å². The summed E-state index contributed by atoms with van der Waals surface area (Å²) in [6.45, 7) is 8.36. The van der Waals surface area contributed by atoms with Crippen molar-refractivity contribution >= 4 is 41.8 Å². The third-order valence-electron chi connectivity index (χ3n) is 4.75. The molecule has 2 rings (SSSR count). The normalized spacial score (nSPS) is 16.1. The van der Waals surface area contributed by atoms with Crippen LogP contribution in [0.5, 0.6) is 0 Å². The number of carbonyl (C=O) groups is 7. The maximum absolute atomic E-state index is 11.0. The molecule has 0 bridgehead atoms. The molecule has 0 aliphatic carbocycles. The molecule has 0 aromatic carbocycles. The first-order chi connectivity index (χ1) is 22.2. The molecule has 0 aromatic heterocycles. The Bertz CT molecular complexity index is 902. The summed E-state index contributed by atoms with van der Waals surface area (Å²) in [4.78, 5) is 79.7. The Balaban J connectivity index is -0.000000531. The van der Waals surface area contributed by atoms with E-state index in [0.29, 0.717) is 46.0 Å². The molecule has 6 N–H and O–H groups in total. The van der Waals surface area contributed by atoms with Crippen molar-refractivity contribution in [2.24, 2.45) is 5.73 Å². The molecule has 0 aromatic rings. The summed E-state index contributed by atoms with van der Waals surface area (Å²) in [5, 5.41) is 7.96. The van der Waals surface area contributed by atoms with E-state index in [1.807, 2.05) is 0 Å². The minimum Gasteiger partial charge on any atom is -0.448 e. The predicted molar refractivity (Wildman–Crippen MR) is 164 cm³/mol. The quantitative estimate of drug-likeness (QED) is 0.0407. The summed E-state index contributed by atoms with van der Waals surface area (Å²) in [6.07, 6.45) is -1.78. The summed E-state index contributed by atoms with van der Waals surface area (Å²) in [6, 6.07) is 0. The van der Waals surface area contributed by atoms with E-state index in [0.717, 1.165) is 0 Å². The zero-order valence-corrected chi connectivity index (χ0v) is 28.5. The molecule has 0 spiro atoms. The van der Waals surface area contributed by atoms with Gasteiger partial charge in [0.15, 0.2) is 12.2 Å². The Kier molecular flexibility index (Phi) is 32.3. The lowest BCUT2D eigenvalue weighted by molar-refractivity contribution is -0.191. The number of rotatable bonds is 14. The molecule has 2 fully saturated rings. The van der Waals surface area contributed by atoms with E-state index in [4.69, 9.17) is 15.2 Å². The fraction of sp³-hybridized carbons (Fsp3) is 0.741. The smallest absolute Gasteiger partial charge is 0.417 e. The van der Waals surface area contributed by atoms with E-state index in [1.54, 1.807) is 35.3 Å². The van der Waals surface area contributed by atoms with E-state index in [9.17, 15) is 33.6 Å². The van der Waals surface area contributed by atoms with Gasteiger partial charge in [0.05, 0.1) is 26.4 Å². The first-order valence-electron chi connectivity index (χ1n) is 14.4. The number of cyclic esters (lactones) is 4. The van der Waals surface area contributed by atoms with Gasteiger partial charge >= 0.3 is 30.0 Å². The van der Waals surface area contributed by atoms with Crippen LogP contribution in [0.1, 0.15) is 27.2 Å². The van der Waals surface area contributed by atoms with Gasteiger partial charge < -0.3 is 54.9 Å². The molecule has 2 aliphatic rings. The summed E-state index contributed by atoms with van der Waals surface area (Å²) in [5.41, 5.74) is 7.27. The van der Waals surface area contributed by atoms with E-state index in [-0.39, 0.29) is 31.3 Å². The lowest BCUT2D eigenvalue weighted by Gasteiger charge is -2.22. The number of ether oxygens (including phenoxy) is 6. The van der Waals surface area contributed by atoms with Crippen molar-refractivity contribution in [2.75, 3.05) is 94.5 Å². The molecule has 2 unspecified atom stereocenters. The Labute approximate surface area is 274 Å². The van der Waals surface area contributed by atoms with E-state index in [1.165, 1.54) is 25.8 Å². The summed E-state index contributed by atoms with van der Waals surface area (Å²) in [7, 11) is 8.02. The predicted octanol–water partition coefficient (Wildman–Crippen LogP) is -2.77. The van der Waals surface area contributed by atoms with Crippen molar-refractivity contribution < 1.29 is 66.8 Å². The van der Waals surface area contributed by atoms with Gasteiger partial charge in [0.25, 0.3) is 0 Å². The maximum atomic E-state index is 11.0. The number of nitrogens with zero attached hydrogens (tertiary/aromatic N) is 1. The number of esters is 3. The fourth-order valence-corrected chi connectivity index (χ4v) is 2.34. The number of nitrogens with two attached hydrogens (primary N) is 1. The topological polar surface area (TPSA) is 261 Å². The Morgan fingerprint density at radius 1 is 0.851 bits per heavy atom. The van der Waals surface area contributed by atoms with Crippen molar-refractivity contribution in [3.05, 3.63) is 0 Å². The Hall–Kier alpha value is -3.95. The van der Waals surface area contributed by atoms with Crippen molar-refractivity contribution in [1.29, 1.82) is 0 Å². The van der Waals surface area contributed by atoms with Crippen LogP contribution in [0.3, 0.4) is 0 Å². The fourth-order valence-electron chi connectivity index (χ4n) is 2.34. The van der Waals surface area contributed by atoms with Crippen LogP contribution < -0.4 is 27.2 Å². The maximum Gasteiger partial charge on any atom is 0.417 e. The Morgan fingerprint density at radius 3 is 1.62 bits per heavy atom. The molecule has 2 aliphatic heterocycles. The van der Waals surface area contributed by atoms with Crippen LogP contribution in [0.4, 0.5) is 4.79 Å². The standard InChI is InChI=1S/C8H16N2O4.C6H14N2O2.C6H8O4.C4H5NO3.C3H9NO/c1-3-8(12)14-10-6-7(11)9-4-5-13-2;1-7-5-6(9)8-3-4-10-2;1-3-5(7)10-4(2)6(8)9-3;1-5-2-3(6)8-4(5)7;1-5-3-2-4/h10H,3-6H2,1-2H3,(H,9,11);7H,3-5H2,1-2H3,(H,8,9);3-4H,1-2H3;2H2,1H3;2-4H2,1H3. The average molecular weight is 685 g/mol. The first-order valence-corrected chi connectivity index (χ1v) is 14.4. The second-order valence-corrected chi connectivity index (χ2v) is 8.90. The van der Waals surface area contributed by atoms with Gasteiger partial charge in [0, 0.05) is 54.4 Å². The molecule has 0 radical (unpaired) electrons. The Morgan fingerprint density at radius 2 is 1.32 bits per heavy atom. The van der Waals surface area contributed by atoms with Crippen molar-refractivity contribution in [1.82, 2.24) is 26.3 Å². The molecule has 0 saturated carbocycles. The molecule has 47 heavy (non-hydrogen) atoms. The average Bonchev–Trinajstić information content (AvgIpc) is 3.32. The molecule has 2 saturated heterocycles. The van der Waals surface area contributed by atoms with Gasteiger partial charge in [-0.3, -0.25) is 19.3 Å². The number of hydrogen-bond donors (Lipinski definition) is 5. The number of likely N-dealkylation sites (N-methyl/N-ethyl adjacent to an activating group) is 2. The van der Waals surface area contributed by atoms with E-state index < -0.39 is 42.2 Å². The molecular formula is C27H52N6O14.